The van der Waals surface area contributed by atoms with Gasteiger partial charge in [-0.05, 0) is 51.0 Å². The van der Waals surface area contributed by atoms with Crippen LogP contribution in [0, 0.1) is 0 Å². The number of hydrogen-bond acceptors (Lipinski definition) is 5. The fourth-order valence-corrected chi connectivity index (χ4v) is 4.41. The minimum atomic E-state index is -0.00560. The van der Waals surface area contributed by atoms with Gasteiger partial charge in [0.15, 0.2) is 11.5 Å². The normalized spacial score (nSPS) is 13.3. The summed E-state index contributed by atoms with van der Waals surface area (Å²) in [6.45, 7) is 8.40. The van der Waals surface area contributed by atoms with Crippen molar-refractivity contribution in [1.29, 1.82) is 0 Å². The zero-order chi connectivity index (χ0) is 24.9. The molecule has 7 nitrogen and oxygen atoms in total. The molecule has 0 radical (unpaired) electrons. The molecule has 0 spiro atoms. The molecule has 5 rings (SSSR count). The highest BCUT2D eigenvalue weighted by Crippen LogP contribution is 2.28. The highest BCUT2D eigenvalue weighted by Gasteiger charge is 2.23. The lowest BCUT2D eigenvalue weighted by molar-refractivity contribution is 0.0951. The van der Waals surface area contributed by atoms with Gasteiger partial charge < -0.3 is 15.5 Å². The average Bonchev–Trinajstić information content (AvgIpc) is 3.64. The van der Waals surface area contributed by atoms with Crippen molar-refractivity contribution in [1.82, 2.24) is 24.6 Å². The quantitative estimate of drug-likeness (QED) is 0.291. The number of nitrogens with zero attached hydrogens (tertiary/aromatic N) is 4. The van der Waals surface area contributed by atoms with Crippen LogP contribution >= 0.6 is 0 Å². The van der Waals surface area contributed by atoms with E-state index in [1.165, 1.54) is 0 Å². The molecule has 0 atom stereocenters. The molecule has 0 saturated heterocycles. The van der Waals surface area contributed by atoms with Crippen LogP contribution in [0.15, 0.2) is 67.0 Å². The standard InChI is InChI=1S/C29H34N6O/c1-3-34(4-2)18-8-17-30-27-28-31-19-26(35(28)20-25(33-27)21-9-6-5-7-10-21)22-11-13-23(14-12-22)29(36)32-24-15-16-24/h5-7,9-14,19-20,24H,3-4,8,15-18H2,1-2H3,(H,30,33)(H,32,36). The van der Waals surface area contributed by atoms with Crippen molar-refractivity contribution >= 4 is 17.4 Å². The molecule has 0 unspecified atom stereocenters. The number of nitrogens with one attached hydrogen (secondary N) is 2. The monoisotopic (exact) mass is 482 g/mol. The summed E-state index contributed by atoms with van der Waals surface area (Å²) >= 11 is 0. The van der Waals surface area contributed by atoms with Crippen LogP contribution in [0.4, 0.5) is 5.82 Å². The number of fused-ring (bicyclic) bond motifs is 1. The Labute approximate surface area is 212 Å². The van der Waals surface area contributed by atoms with E-state index in [-0.39, 0.29) is 5.91 Å². The minimum Gasteiger partial charge on any atom is -0.367 e. The fraction of sp³-hybridized carbons (Fsp3) is 0.345. The molecule has 2 aromatic heterocycles. The third-order valence-corrected chi connectivity index (χ3v) is 6.76. The first kappa shape index (κ1) is 24.0. The van der Waals surface area contributed by atoms with Crippen LogP contribution in [0.1, 0.15) is 43.5 Å². The van der Waals surface area contributed by atoms with Crippen molar-refractivity contribution < 1.29 is 4.79 Å². The van der Waals surface area contributed by atoms with Gasteiger partial charge in [0.25, 0.3) is 5.91 Å². The van der Waals surface area contributed by atoms with E-state index in [4.69, 9.17) is 9.97 Å². The molecule has 0 bridgehead atoms. The van der Waals surface area contributed by atoms with Crippen molar-refractivity contribution in [3.05, 3.63) is 72.6 Å². The second-order valence-corrected chi connectivity index (χ2v) is 9.31. The summed E-state index contributed by atoms with van der Waals surface area (Å²) in [7, 11) is 0. The number of anilines is 1. The lowest BCUT2D eigenvalue weighted by atomic mass is 10.1. The lowest BCUT2D eigenvalue weighted by Gasteiger charge is -2.18. The summed E-state index contributed by atoms with van der Waals surface area (Å²) in [4.78, 5) is 24.5. The predicted molar refractivity (Wildman–Crippen MR) is 145 cm³/mol. The van der Waals surface area contributed by atoms with E-state index in [2.05, 4.69) is 45.9 Å². The molecule has 7 heteroatoms. The highest BCUT2D eigenvalue weighted by molar-refractivity contribution is 5.95. The van der Waals surface area contributed by atoms with E-state index in [1.807, 2.05) is 54.9 Å². The first-order chi connectivity index (χ1) is 17.7. The van der Waals surface area contributed by atoms with E-state index >= 15 is 0 Å². The third kappa shape index (κ3) is 5.41. The van der Waals surface area contributed by atoms with E-state index in [0.717, 1.165) is 79.4 Å². The zero-order valence-corrected chi connectivity index (χ0v) is 21.1. The van der Waals surface area contributed by atoms with Gasteiger partial charge in [-0.15, -0.1) is 0 Å². The second kappa shape index (κ2) is 10.9. The average molecular weight is 483 g/mol. The van der Waals surface area contributed by atoms with Gasteiger partial charge in [-0.3, -0.25) is 9.20 Å². The molecule has 2 heterocycles. The van der Waals surface area contributed by atoms with Gasteiger partial charge in [-0.1, -0.05) is 56.3 Å². The number of imidazole rings is 1. The summed E-state index contributed by atoms with van der Waals surface area (Å²) in [6, 6.07) is 18.3. The molecule has 186 valence electrons. The molecule has 0 aliphatic heterocycles. The number of hydrogen-bond donors (Lipinski definition) is 2. The Kier molecular flexibility index (Phi) is 7.28. The molecule has 1 aliphatic carbocycles. The van der Waals surface area contributed by atoms with Crippen LogP contribution in [-0.2, 0) is 0 Å². The molecule has 36 heavy (non-hydrogen) atoms. The fourth-order valence-electron chi connectivity index (χ4n) is 4.41. The van der Waals surface area contributed by atoms with Crippen LogP contribution < -0.4 is 10.6 Å². The Hall–Kier alpha value is -3.71. The smallest absolute Gasteiger partial charge is 0.251 e. The van der Waals surface area contributed by atoms with Gasteiger partial charge in [0.2, 0.25) is 0 Å². The van der Waals surface area contributed by atoms with Crippen molar-refractivity contribution in [2.24, 2.45) is 0 Å². The molecule has 1 fully saturated rings. The van der Waals surface area contributed by atoms with Crippen LogP contribution in [0.5, 0.6) is 0 Å². The third-order valence-electron chi connectivity index (χ3n) is 6.76. The van der Waals surface area contributed by atoms with E-state index in [9.17, 15) is 4.79 Å². The van der Waals surface area contributed by atoms with Crippen molar-refractivity contribution in [3.63, 3.8) is 0 Å². The molecule has 1 saturated carbocycles. The summed E-state index contributed by atoms with van der Waals surface area (Å²) in [5.41, 5.74) is 5.38. The maximum atomic E-state index is 12.4. The number of aromatic nitrogens is 3. The summed E-state index contributed by atoms with van der Waals surface area (Å²) in [5, 5.41) is 6.59. The Morgan fingerprint density at radius 2 is 1.78 bits per heavy atom. The lowest BCUT2D eigenvalue weighted by Crippen LogP contribution is -2.25. The number of carbonyl (C=O) groups is 1. The Morgan fingerprint density at radius 1 is 1.03 bits per heavy atom. The van der Waals surface area contributed by atoms with Crippen LogP contribution in [0.25, 0.3) is 28.2 Å². The van der Waals surface area contributed by atoms with Gasteiger partial charge in [0, 0.05) is 35.5 Å². The van der Waals surface area contributed by atoms with Crippen LogP contribution in [0.3, 0.4) is 0 Å². The molecular formula is C29H34N6O. The first-order valence-electron chi connectivity index (χ1n) is 13.0. The molecule has 2 aromatic carbocycles. The van der Waals surface area contributed by atoms with E-state index in [1.54, 1.807) is 0 Å². The van der Waals surface area contributed by atoms with Crippen molar-refractivity contribution in [2.75, 3.05) is 31.5 Å². The Morgan fingerprint density at radius 3 is 2.47 bits per heavy atom. The SMILES string of the molecule is CCN(CC)CCCNc1nc(-c2ccccc2)cn2c(-c3ccc(C(=O)NC4CC4)cc3)cnc12. The van der Waals surface area contributed by atoms with Crippen LogP contribution in [-0.4, -0.2) is 57.4 Å². The van der Waals surface area contributed by atoms with Gasteiger partial charge in [-0.25, -0.2) is 9.97 Å². The van der Waals surface area contributed by atoms with Crippen LogP contribution in [0.2, 0.25) is 0 Å². The zero-order valence-electron chi connectivity index (χ0n) is 21.1. The van der Waals surface area contributed by atoms with Gasteiger partial charge in [0.1, 0.15) is 0 Å². The molecule has 1 aliphatic rings. The Balaban J connectivity index is 1.44. The first-order valence-corrected chi connectivity index (χ1v) is 13.0. The molecule has 2 N–H and O–H groups in total. The summed E-state index contributed by atoms with van der Waals surface area (Å²) < 4.78 is 2.10. The van der Waals surface area contributed by atoms with Gasteiger partial charge in [-0.2, -0.15) is 0 Å². The topological polar surface area (TPSA) is 74.6 Å². The van der Waals surface area contributed by atoms with Crippen molar-refractivity contribution in [2.45, 2.75) is 39.2 Å². The van der Waals surface area contributed by atoms with Gasteiger partial charge >= 0.3 is 0 Å². The number of carbonyl (C=O) groups excluding carboxylic acids is 1. The molecular weight excluding hydrogens is 448 g/mol. The maximum absolute atomic E-state index is 12.4. The highest BCUT2D eigenvalue weighted by atomic mass is 16.1. The van der Waals surface area contributed by atoms with Gasteiger partial charge in [0.05, 0.1) is 17.6 Å². The largest absolute Gasteiger partial charge is 0.367 e. The number of benzene rings is 2. The second-order valence-electron chi connectivity index (χ2n) is 9.31. The summed E-state index contributed by atoms with van der Waals surface area (Å²) in [5.74, 6) is 0.775. The maximum Gasteiger partial charge on any atom is 0.251 e. The van der Waals surface area contributed by atoms with E-state index < -0.39 is 0 Å². The minimum absolute atomic E-state index is 0.00560. The number of amides is 1. The van der Waals surface area contributed by atoms with Crippen molar-refractivity contribution in [3.8, 4) is 22.5 Å². The molecule has 1 amide bonds. The Bertz CT molecular complexity index is 1310. The van der Waals surface area contributed by atoms with E-state index in [0.29, 0.717) is 11.6 Å². The summed E-state index contributed by atoms with van der Waals surface area (Å²) in [6.07, 6.45) is 7.11. The number of rotatable bonds is 11. The molecule has 4 aromatic rings. The predicted octanol–water partition coefficient (Wildman–Crippen LogP) is 5.10.